The van der Waals surface area contributed by atoms with Gasteiger partial charge in [0.2, 0.25) is 11.8 Å². The van der Waals surface area contributed by atoms with E-state index in [9.17, 15) is 19.2 Å². The minimum absolute atomic E-state index is 0.0176. The van der Waals surface area contributed by atoms with Gasteiger partial charge in [0, 0.05) is 61.4 Å². The molecule has 2 heterocycles. The summed E-state index contributed by atoms with van der Waals surface area (Å²) in [6.07, 6.45) is 5.81. The molecule has 0 aromatic carbocycles. The number of aromatic nitrogens is 1. The van der Waals surface area contributed by atoms with Crippen LogP contribution in [0.2, 0.25) is 0 Å². The van der Waals surface area contributed by atoms with E-state index >= 15 is 0 Å². The minimum atomic E-state index is -0.646. The molecule has 1 aromatic heterocycles. The van der Waals surface area contributed by atoms with Crippen molar-refractivity contribution in [2.75, 3.05) is 37.7 Å². The van der Waals surface area contributed by atoms with Crippen LogP contribution >= 0.6 is 11.8 Å². The summed E-state index contributed by atoms with van der Waals surface area (Å²) >= 11 is 1.51. The van der Waals surface area contributed by atoms with Gasteiger partial charge >= 0.3 is 6.09 Å². The number of carbonyl (C=O) groups excluding carboxylic acids is 4. The van der Waals surface area contributed by atoms with Crippen molar-refractivity contribution < 1.29 is 23.9 Å². The van der Waals surface area contributed by atoms with Crippen LogP contribution in [0.5, 0.6) is 0 Å². The molecule has 2 rings (SSSR count). The average molecular weight is 493 g/mol. The molecule has 1 saturated heterocycles. The number of ether oxygens (including phenoxy) is 1. The van der Waals surface area contributed by atoms with Crippen LogP contribution in [0.4, 0.5) is 4.79 Å². The van der Waals surface area contributed by atoms with Gasteiger partial charge in [0.25, 0.3) is 0 Å². The summed E-state index contributed by atoms with van der Waals surface area (Å²) in [5.41, 5.74) is -0.128. The lowest BCUT2D eigenvalue weighted by atomic mass is 9.96. The van der Waals surface area contributed by atoms with Crippen LogP contribution in [0, 0.1) is 5.92 Å². The van der Waals surface area contributed by atoms with E-state index in [0.29, 0.717) is 23.6 Å². The number of pyridine rings is 1. The van der Waals surface area contributed by atoms with E-state index in [1.807, 2.05) is 4.90 Å². The summed E-state index contributed by atoms with van der Waals surface area (Å²) < 4.78 is 5.09. The number of amides is 3. The molecule has 0 saturated carbocycles. The summed E-state index contributed by atoms with van der Waals surface area (Å²) in [7, 11) is 0. The lowest BCUT2D eigenvalue weighted by molar-refractivity contribution is -0.132. The van der Waals surface area contributed by atoms with Crippen LogP contribution in [0.1, 0.15) is 56.8 Å². The molecule has 3 amide bonds. The zero-order valence-corrected chi connectivity index (χ0v) is 21.1. The molecule has 34 heavy (non-hydrogen) atoms. The van der Waals surface area contributed by atoms with E-state index in [0.717, 1.165) is 32.4 Å². The van der Waals surface area contributed by atoms with Crippen LogP contribution in [0.25, 0.3) is 0 Å². The zero-order valence-electron chi connectivity index (χ0n) is 20.3. The van der Waals surface area contributed by atoms with Crippen LogP contribution in [-0.2, 0) is 14.3 Å². The largest absolute Gasteiger partial charge is 0.444 e. The smallest absolute Gasteiger partial charge is 0.408 e. The van der Waals surface area contributed by atoms with Crippen molar-refractivity contribution in [1.82, 2.24) is 20.5 Å². The van der Waals surface area contributed by atoms with E-state index in [-0.39, 0.29) is 30.6 Å². The number of ketones is 1. The number of hydrogen-bond donors (Lipinski definition) is 2. The molecule has 1 fully saturated rings. The third-order valence-electron chi connectivity index (χ3n) is 5.13. The number of thioether (sulfide) groups is 1. The summed E-state index contributed by atoms with van der Waals surface area (Å²) in [5.74, 6) is 0.204. The van der Waals surface area contributed by atoms with Gasteiger partial charge in [-0.3, -0.25) is 19.4 Å². The Morgan fingerprint density at radius 2 is 1.88 bits per heavy atom. The van der Waals surface area contributed by atoms with Crippen LogP contribution in [0.15, 0.2) is 24.5 Å². The van der Waals surface area contributed by atoms with Gasteiger partial charge in [-0.2, -0.15) is 11.8 Å². The highest BCUT2D eigenvalue weighted by atomic mass is 32.2. The van der Waals surface area contributed by atoms with Gasteiger partial charge in [0.05, 0.1) is 6.54 Å². The van der Waals surface area contributed by atoms with Crippen LogP contribution in [-0.4, -0.2) is 76.9 Å². The highest BCUT2D eigenvalue weighted by Crippen LogP contribution is 2.20. The van der Waals surface area contributed by atoms with Crippen molar-refractivity contribution in [3.63, 3.8) is 0 Å². The lowest BCUT2D eigenvalue weighted by Gasteiger charge is -2.28. The first-order valence-corrected chi connectivity index (χ1v) is 12.8. The molecule has 1 unspecified atom stereocenters. The van der Waals surface area contributed by atoms with Crippen LogP contribution in [0.3, 0.4) is 0 Å². The third-order valence-corrected chi connectivity index (χ3v) is 6.26. The lowest BCUT2D eigenvalue weighted by Crippen LogP contribution is -2.40. The fourth-order valence-electron chi connectivity index (χ4n) is 3.47. The topological polar surface area (TPSA) is 118 Å². The van der Waals surface area contributed by atoms with Gasteiger partial charge in [-0.05, 0) is 52.2 Å². The Kier molecular flexibility index (Phi) is 11.3. The number of alkyl carbamates (subject to hydrolysis) is 1. The van der Waals surface area contributed by atoms with Crippen molar-refractivity contribution in [1.29, 1.82) is 0 Å². The number of carbonyl (C=O) groups is 4. The van der Waals surface area contributed by atoms with Gasteiger partial charge in [-0.1, -0.05) is 0 Å². The minimum Gasteiger partial charge on any atom is -0.444 e. The predicted molar refractivity (Wildman–Crippen MR) is 132 cm³/mol. The maximum Gasteiger partial charge on any atom is 0.408 e. The molecule has 188 valence electrons. The molecule has 0 aliphatic carbocycles. The Morgan fingerprint density at radius 3 is 2.53 bits per heavy atom. The molecule has 1 aliphatic rings. The molecular weight excluding hydrogens is 456 g/mol. The Morgan fingerprint density at radius 1 is 1.15 bits per heavy atom. The highest BCUT2D eigenvalue weighted by Gasteiger charge is 2.26. The maximum atomic E-state index is 13.0. The SMILES string of the molecule is CC(C)(C)OC(=O)NCC(=O)NCCSCC(CC(=O)N1CCCCC1)C(=O)c1cccnc1. The van der Waals surface area contributed by atoms with Gasteiger partial charge in [-0.25, -0.2) is 4.79 Å². The summed E-state index contributed by atoms with van der Waals surface area (Å²) in [4.78, 5) is 55.2. The van der Waals surface area contributed by atoms with Gasteiger partial charge in [0.15, 0.2) is 5.78 Å². The van der Waals surface area contributed by atoms with Crippen LogP contribution < -0.4 is 10.6 Å². The number of Topliss-reactive ketones (excluding diaryl/α,β-unsaturated/α-hetero) is 1. The van der Waals surface area contributed by atoms with Crippen molar-refractivity contribution in [2.45, 2.75) is 52.1 Å². The molecule has 10 heteroatoms. The Labute approximate surface area is 205 Å². The fourth-order valence-corrected chi connectivity index (χ4v) is 4.44. The maximum absolute atomic E-state index is 13.0. The molecule has 0 radical (unpaired) electrons. The van der Waals surface area contributed by atoms with E-state index < -0.39 is 17.6 Å². The molecule has 1 atom stereocenters. The Balaban J connectivity index is 1.78. The molecule has 0 spiro atoms. The molecule has 9 nitrogen and oxygen atoms in total. The van der Waals surface area contributed by atoms with E-state index in [2.05, 4.69) is 15.6 Å². The van der Waals surface area contributed by atoms with E-state index in [1.165, 1.54) is 18.0 Å². The second-order valence-corrected chi connectivity index (χ2v) is 10.4. The monoisotopic (exact) mass is 492 g/mol. The van der Waals surface area contributed by atoms with Gasteiger partial charge in [-0.15, -0.1) is 0 Å². The summed E-state index contributed by atoms with van der Waals surface area (Å²) in [6.45, 7) is 6.95. The molecule has 1 aliphatic heterocycles. The fraction of sp³-hybridized carbons (Fsp3) is 0.625. The van der Waals surface area contributed by atoms with Gasteiger partial charge in [0.1, 0.15) is 5.60 Å². The van der Waals surface area contributed by atoms with E-state index in [4.69, 9.17) is 4.74 Å². The van der Waals surface area contributed by atoms with Crippen molar-refractivity contribution in [3.8, 4) is 0 Å². The quantitative estimate of drug-likeness (QED) is 0.360. The summed E-state index contributed by atoms with van der Waals surface area (Å²) in [5, 5.41) is 5.14. The average Bonchev–Trinajstić information content (AvgIpc) is 2.81. The number of likely N-dealkylation sites (tertiary alicyclic amines) is 1. The first-order chi connectivity index (χ1) is 16.2. The number of nitrogens with zero attached hydrogens (tertiary/aromatic N) is 2. The number of piperidine rings is 1. The molecule has 2 N–H and O–H groups in total. The molecule has 0 bridgehead atoms. The number of nitrogens with one attached hydrogen (secondary N) is 2. The normalized spacial score (nSPS) is 14.7. The molecule has 1 aromatic rings. The second kappa shape index (κ2) is 13.9. The van der Waals surface area contributed by atoms with Crippen molar-refractivity contribution in [2.24, 2.45) is 5.92 Å². The predicted octanol–water partition coefficient (Wildman–Crippen LogP) is 2.66. The number of rotatable bonds is 11. The first kappa shape index (κ1) is 27.6. The van der Waals surface area contributed by atoms with Gasteiger partial charge < -0.3 is 20.3 Å². The standard InChI is InChI=1S/C24H36N4O5S/c1-24(2,3)33-23(32)27-16-20(29)26-10-13-34-17-19(22(31)18-8-7-9-25-15-18)14-21(30)28-11-5-4-6-12-28/h7-9,15,19H,4-6,10-14,16-17H2,1-3H3,(H,26,29)(H,27,32). The second-order valence-electron chi connectivity index (χ2n) is 9.23. The van der Waals surface area contributed by atoms with E-state index in [1.54, 1.807) is 39.1 Å². The Bertz CT molecular complexity index is 822. The molecular formula is C24H36N4O5S. The Hall–Kier alpha value is -2.62. The third kappa shape index (κ3) is 10.5. The van der Waals surface area contributed by atoms with Crippen molar-refractivity contribution >= 4 is 35.5 Å². The highest BCUT2D eigenvalue weighted by molar-refractivity contribution is 7.99. The number of hydrogen-bond acceptors (Lipinski definition) is 7. The van der Waals surface area contributed by atoms with Crippen molar-refractivity contribution in [3.05, 3.63) is 30.1 Å². The zero-order chi connectivity index (χ0) is 25.0. The summed E-state index contributed by atoms with van der Waals surface area (Å²) in [6, 6.07) is 3.43. The first-order valence-electron chi connectivity index (χ1n) is 11.7.